The fourth-order valence-corrected chi connectivity index (χ4v) is 4.68. The fraction of sp³-hybridized carbons (Fsp3) is 0.318. The first-order valence-corrected chi connectivity index (χ1v) is 12.9. The molecule has 2 aromatic rings. The summed E-state index contributed by atoms with van der Waals surface area (Å²) in [6.45, 7) is 3.24. The quantitative estimate of drug-likeness (QED) is 0.364. The lowest BCUT2D eigenvalue weighted by molar-refractivity contribution is -0.146. The van der Waals surface area contributed by atoms with Crippen molar-refractivity contribution in [2.45, 2.75) is 23.6 Å². The third-order valence-electron chi connectivity index (χ3n) is 4.59. The molecule has 0 unspecified atom stereocenters. The van der Waals surface area contributed by atoms with E-state index in [0.717, 1.165) is 4.90 Å². The molecule has 0 aromatic heterocycles. The van der Waals surface area contributed by atoms with Crippen molar-refractivity contribution in [3.63, 3.8) is 0 Å². The van der Waals surface area contributed by atoms with Gasteiger partial charge in [0.1, 0.15) is 6.54 Å². The van der Waals surface area contributed by atoms with Crippen LogP contribution in [0.5, 0.6) is 0 Å². The number of nitrogens with zero attached hydrogens (tertiary/aromatic N) is 1. The number of sulfonamides is 1. The van der Waals surface area contributed by atoms with Gasteiger partial charge < -0.3 is 15.4 Å². The van der Waals surface area contributed by atoms with Crippen LogP contribution in [0.2, 0.25) is 0 Å². The molecule has 0 aliphatic heterocycles. The summed E-state index contributed by atoms with van der Waals surface area (Å²) in [6, 6.07) is 12.6. The van der Waals surface area contributed by atoms with E-state index in [4.69, 9.17) is 4.74 Å². The monoisotopic (exact) mass is 493 g/mol. The Labute approximate surface area is 197 Å². The van der Waals surface area contributed by atoms with Gasteiger partial charge in [0.2, 0.25) is 10.0 Å². The normalized spacial score (nSPS) is 11.2. The molecular formula is C22H27N3O6S2. The average Bonchev–Trinajstić information content (AvgIpc) is 2.82. The lowest BCUT2D eigenvalue weighted by Crippen LogP contribution is -2.32. The van der Waals surface area contributed by atoms with Crippen molar-refractivity contribution in [2.24, 2.45) is 0 Å². The minimum absolute atomic E-state index is 0.0799. The van der Waals surface area contributed by atoms with Gasteiger partial charge in [0.05, 0.1) is 4.90 Å². The Morgan fingerprint density at radius 2 is 1.58 bits per heavy atom. The number of rotatable bonds is 11. The highest BCUT2D eigenvalue weighted by molar-refractivity contribution is 7.98. The van der Waals surface area contributed by atoms with Gasteiger partial charge in [-0.3, -0.25) is 14.4 Å². The molecule has 11 heteroatoms. The molecule has 0 atom stereocenters. The molecule has 2 aromatic carbocycles. The molecule has 0 saturated heterocycles. The molecule has 0 heterocycles. The third-order valence-corrected chi connectivity index (χ3v) is 7.40. The number of amides is 2. The summed E-state index contributed by atoms with van der Waals surface area (Å²) in [6.07, 6.45) is 1.94. The molecule has 9 nitrogen and oxygen atoms in total. The van der Waals surface area contributed by atoms with E-state index in [1.165, 1.54) is 28.6 Å². The van der Waals surface area contributed by atoms with Crippen molar-refractivity contribution < 1.29 is 27.5 Å². The summed E-state index contributed by atoms with van der Waals surface area (Å²) in [5, 5.41) is 4.99. The molecule has 0 radical (unpaired) electrons. The second-order valence-electron chi connectivity index (χ2n) is 6.73. The SMILES string of the molecule is CCN(CC)S(=O)(=O)c1ccc(C(=O)NCC(=O)OCC(=O)Nc2ccc(SC)cc2)cc1. The number of hydrogen-bond acceptors (Lipinski definition) is 7. The van der Waals surface area contributed by atoms with E-state index in [9.17, 15) is 22.8 Å². The van der Waals surface area contributed by atoms with Crippen LogP contribution in [0.25, 0.3) is 0 Å². The van der Waals surface area contributed by atoms with E-state index in [-0.39, 0.29) is 10.5 Å². The van der Waals surface area contributed by atoms with E-state index in [0.29, 0.717) is 18.8 Å². The minimum Gasteiger partial charge on any atom is -0.454 e. The summed E-state index contributed by atoms with van der Waals surface area (Å²) in [7, 11) is -3.62. The number of benzene rings is 2. The number of hydrogen-bond donors (Lipinski definition) is 2. The van der Waals surface area contributed by atoms with Crippen molar-refractivity contribution in [1.29, 1.82) is 0 Å². The standard InChI is InChI=1S/C22H27N3O6S2/c1-4-25(5-2)33(29,30)19-12-6-16(7-13-19)22(28)23-14-21(27)31-15-20(26)24-17-8-10-18(32-3)11-9-17/h6-13H,4-5,14-15H2,1-3H3,(H,23,28)(H,24,26). The number of ether oxygens (including phenoxy) is 1. The molecule has 0 aliphatic rings. The van der Waals surface area contributed by atoms with Crippen LogP contribution < -0.4 is 10.6 Å². The Balaban J connectivity index is 1.81. The van der Waals surface area contributed by atoms with Crippen molar-refractivity contribution >= 4 is 45.3 Å². The van der Waals surface area contributed by atoms with Gasteiger partial charge >= 0.3 is 5.97 Å². The molecule has 0 saturated carbocycles. The van der Waals surface area contributed by atoms with E-state index in [2.05, 4.69) is 10.6 Å². The van der Waals surface area contributed by atoms with Gasteiger partial charge in [0.15, 0.2) is 6.61 Å². The Hall–Kier alpha value is -2.89. The zero-order valence-corrected chi connectivity index (χ0v) is 20.3. The van der Waals surface area contributed by atoms with Crippen LogP contribution in [0.3, 0.4) is 0 Å². The maximum atomic E-state index is 12.5. The molecule has 0 bridgehead atoms. The van der Waals surface area contributed by atoms with Crippen LogP contribution in [-0.2, 0) is 24.3 Å². The Morgan fingerprint density at radius 1 is 0.970 bits per heavy atom. The topological polar surface area (TPSA) is 122 Å². The fourth-order valence-electron chi connectivity index (χ4n) is 2.81. The van der Waals surface area contributed by atoms with Crippen molar-refractivity contribution in [2.75, 3.05) is 37.8 Å². The van der Waals surface area contributed by atoms with Crippen molar-refractivity contribution in [3.8, 4) is 0 Å². The van der Waals surface area contributed by atoms with E-state index >= 15 is 0 Å². The van der Waals surface area contributed by atoms with Crippen LogP contribution >= 0.6 is 11.8 Å². The first-order chi connectivity index (χ1) is 15.7. The number of carbonyl (C=O) groups excluding carboxylic acids is 3. The lowest BCUT2D eigenvalue weighted by atomic mass is 10.2. The van der Waals surface area contributed by atoms with Crippen molar-refractivity contribution in [1.82, 2.24) is 9.62 Å². The highest BCUT2D eigenvalue weighted by Gasteiger charge is 2.21. The first kappa shape index (κ1) is 26.4. The summed E-state index contributed by atoms with van der Waals surface area (Å²) in [5.41, 5.74) is 0.765. The molecule has 0 fully saturated rings. The third kappa shape index (κ3) is 7.58. The second kappa shape index (κ2) is 12.4. The largest absolute Gasteiger partial charge is 0.454 e. The molecular weight excluding hydrogens is 466 g/mol. The molecule has 2 rings (SSSR count). The van der Waals surface area contributed by atoms with Crippen LogP contribution in [-0.4, -0.2) is 63.0 Å². The second-order valence-corrected chi connectivity index (χ2v) is 9.55. The zero-order valence-electron chi connectivity index (χ0n) is 18.7. The predicted molar refractivity (Wildman–Crippen MR) is 127 cm³/mol. The van der Waals surface area contributed by atoms with Crippen LogP contribution in [0.4, 0.5) is 5.69 Å². The molecule has 178 valence electrons. The smallest absolute Gasteiger partial charge is 0.325 e. The van der Waals surface area contributed by atoms with Gasteiger partial charge in [-0.1, -0.05) is 13.8 Å². The highest BCUT2D eigenvalue weighted by Crippen LogP contribution is 2.18. The summed E-state index contributed by atoms with van der Waals surface area (Å²) in [4.78, 5) is 37.1. The van der Waals surface area contributed by atoms with Gasteiger partial charge in [0.25, 0.3) is 11.8 Å². The van der Waals surface area contributed by atoms with E-state index < -0.39 is 41.0 Å². The highest BCUT2D eigenvalue weighted by atomic mass is 32.2. The van der Waals surface area contributed by atoms with Gasteiger partial charge in [-0.2, -0.15) is 4.31 Å². The molecule has 2 amide bonds. The van der Waals surface area contributed by atoms with Crippen molar-refractivity contribution in [3.05, 3.63) is 54.1 Å². The number of anilines is 1. The first-order valence-electron chi connectivity index (χ1n) is 10.2. The van der Waals surface area contributed by atoms with E-state index in [1.54, 1.807) is 37.7 Å². The summed E-state index contributed by atoms with van der Waals surface area (Å²) < 4.78 is 31.2. The molecule has 0 aliphatic carbocycles. The maximum Gasteiger partial charge on any atom is 0.325 e. The molecule has 2 N–H and O–H groups in total. The number of thioether (sulfide) groups is 1. The van der Waals surface area contributed by atoms with Gasteiger partial charge in [-0.15, -0.1) is 11.8 Å². The van der Waals surface area contributed by atoms with Crippen LogP contribution in [0.15, 0.2) is 58.3 Å². The summed E-state index contributed by atoms with van der Waals surface area (Å²) in [5.74, 6) is -1.86. The van der Waals surface area contributed by atoms with Crippen LogP contribution in [0, 0.1) is 0 Å². The zero-order chi connectivity index (χ0) is 24.4. The lowest BCUT2D eigenvalue weighted by Gasteiger charge is -2.18. The van der Waals surface area contributed by atoms with Gasteiger partial charge in [-0.05, 0) is 54.8 Å². The number of nitrogens with one attached hydrogen (secondary N) is 2. The Morgan fingerprint density at radius 3 is 2.12 bits per heavy atom. The molecule has 33 heavy (non-hydrogen) atoms. The Kier molecular flexibility index (Phi) is 9.89. The van der Waals surface area contributed by atoms with E-state index in [1.807, 2.05) is 18.4 Å². The Bertz CT molecular complexity index is 1070. The molecule has 0 spiro atoms. The summed E-state index contributed by atoms with van der Waals surface area (Å²) >= 11 is 1.58. The maximum absolute atomic E-state index is 12.5. The predicted octanol–water partition coefficient (Wildman–Crippen LogP) is 2.35. The number of carbonyl (C=O) groups is 3. The number of esters is 1. The minimum atomic E-state index is -3.62. The van der Waals surface area contributed by atoms with Gasteiger partial charge in [0, 0.05) is 29.2 Å². The average molecular weight is 494 g/mol. The van der Waals surface area contributed by atoms with Gasteiger partial charge in [-0.25, -0.2) is 8.42 Å². The van der Waals surface area contributed by atoms with Crippen LogP contribution in [0.1, 0.15) is 24.2 Å².